The highest BCUT2D eigenvalue weighted by atomic mass is 19.2. The zero-order chi connectivity index (χ0) is 20.6. The SMILES string of the molecule is CCn1nc(C)cc1C(=O)N1CCC2(CCCN(Cc3cccc(F)c3F)C2)C1. The highest BCUT2D eigenvalue weighted by Gasteiger charge is 2.43. The van der Waals surface area contributed by atoms with Crippen molar-refractivity contribution in [1.29, 1.82) is 0 Å². The zero-order valence-corrected chi connectivity index (χ0v) is 17.1. The van der Waals surface area contributed by atoms with Crippen LogP contribution in [0.15, 0.2) is 24.3 Å². The van der Waals surface area contributed by atoms with Crippen LogP contribution in [0.1, 0.15) is 47.9 Å². The zero-order valence-electron chi connectivity index (χ0n) is 17.1. The van der Waals surface area contributed by atoms with Crippen LogP contribution in [0.5, 0.6) is 0 Å². The first-order chi connectivity index (χ1) is 13.9. The predicted molar refractivity (Wildman–Crippen MR) is 106 cm³/mol. The Kier molecular flexibility index (Phi) is 5.42. The molecule has 2 saturated heterocycles. The van der Waals surface area contributed by atoms with Crippen molar-refractivity contribution < 1.29 is 13.6 Å². The van der Waals surface area contributed by atoms with Crippen molar-refractivity contribution in [3.63, 3.8) is 0 Å². The Labute approximate surface area is 170 Å². The summed E-state index contributed by atoms with van der Waals surface area (Å²) < 4.78 is 29.4. The molecule has 3 heterocycles. The predicted octanol–water partition coefficient (Wildman–Crippen LogP) is 3.62. The van der Waals surface area contributed by atoms with Gasteiger partial charge >= 0.3 is 0 Å². The van der Waals surface area contributed by atoms with Crippen LogP contribution in [0.4, 0.5) is 8.78 Å². The van der Waals surface area contributed by atoms with E-state index in [1.807, 2.05) is 24.8 Å². The molecule has 2 aromatic rings. The molecule has 0 saturated carbocycles. The largest absolute Gasteiger partial charge is 0.337 e. The Morgan fingerprint density at radius 3 is 2.83 bits per heavy atom. The second-order valence-corrected chi connectivity index (χ2v) is 8.49. The van der Waals surface area contributed by atoms with E-state index in [1.165, 1.54) is 0 Å². The molecule has 1 unspecified atom stereocenters. The average molecular weight is 402 g/mol. The molecule has 5 nitrogen and oxygen atoms in total. The van der Waals surface area contributed by atoms with Gasteiger partial charge < -0.3 is 4.90 Å². The number of aromatic nitrogens is 2. The summed E-state index contributed by atoms with van der Waals surface area (Å²) in [6.45, 7) is 8.07. The Morgan fingerprint density at radius 2 is 2.03 bits per heavy atom. The van der Waals surface area contributed by atoms with Crippen LogP contribution in [0.3, 0.4) is 0 Å². The fourth-order valence-electron chi connectivity index (χ4n) is 4.92. The summed E-state index contributed by atoms with van der Waals surface area (Å²) in [6.07, 6.45) is 3.01. The quantitative estimate of drug-likeness (QED) is 0.785. The standard InChI is InChI=1S/C22H28F2N4O/c1-3-28-19(12-16(2)25-28)21(29)27-11-9-22(15-27)8-5-10-26(14-22)13-17-6-4-7-18(23)20(17)24/h4,6-7,12H,3,5,8-11,13-15H2,1-2H3. The maximum Gasteiger partial charge on any atom is 0.272 e. The van der Waals surface area contributed by atoms with Gasteiger partial charge in [-0.25, -0.2) is 8.78 Å². The lowest BCUT2D eigenvalue weighted by molar-refractivity contribution is 0.0663. The number of hydrogen-bond donors (Lipinski definition) is 0. The Bertz CT molecular complexity index is 912. The summed E-state index contributed by atoms with van der Waals surface area (Å²) >= 11 is 0. The van der Waals surface area contributed by atoms with E-state index < -0.39 is 11.6 Å². The van der Waals surface area contributed by atoms with Gasteiger partial charge in [-0.2, -0.15) is 5.10 Å². The molecule has 1 aromatic heterocycles. The van der Waals surface area contributed by atoms with Gasteiger partial charge in [0.25, 0.3) is 5.91 Å². The molecule has 2 fully saturated rings. The minimum absolute atomic E-state index is 0.0316. The number of aryl methyl sites for hydroxylation is 2. The third-order valence-corrected chi connectivity index (χ3v) is 6.31. The Balaban J connectivity index is 1.45. The van der Waals surface area contributed by atoms with Crippen molar-refractivity contribution >= 4 is 5.91 Å². The molecule has 0 bridgehead atoms. The maximum absolute atomic E-state index is 14.1. The van der Waals surface area contributed by atoms with E-state index in [4.69, 9.17) is 0 Å². The number of amides is 1. The molecule has 0 radical (unpaired) electrons. The number of benzene rings is 1. The number of hydrogen-bond acceptors (Lipinski definition) is 3. The van der Waals surface area contributed by atoms with E-state index in [0.717, 1.165) is 50.7 Å². The summed E-state index contributed by atoms with van der Waals surface area (Å²) in [5.74, 6) is -1.51. The topological polar surface area (TPSA) is 41.4 Å². The lowest BCUT2D eigenvalue weighted by Crippen LogP contribution is -2.45. The first-order valence-corrected chi connectivity index (χ1v) is 10.4. The van der Waals surface area contributed by atoms with E-state index in [0.29, 0.717) is 30.9 Å². The second kappa shape index (κ2) is 7.86. The second-order valence-electron chi connectivity index (χ2n) is 8.49. The lowest BCUT2D eigenvalue weighted by Gasteiger charge is -2.40. The smallest absolute Gasteiger partial charge is 0.272 e. The van der Waals surface area contributed by atoms with E-state index in [9.17, 15) is 13.6 Å². The minimum atomic E-state index is -0.797. The molecule has 1 atom stereocenters. The summed E-state index contributed by atoms with van der Waals surface area (Å²) in [7, 11) is 0. The van der Waals surface area contributed by atoms with Crippen LogP contribution >= 0.6 is 0 Å². The molecule has 1 aromatic carbocycles. The van der Waals surface area contributed by atoms with E-state index in [-0.39, 0.29) is 11.3 Å². The third kappa shape index (κ3) is 3.92. The molecular weight excluding hydrogens is 374 g/mol. The Morgan fingerprint density at radius 1 is 1.21 bits per heavy atom. The number of carbonyl (C=O) groups excluding carboxylic acids is 1. The molecule has 1 spiro atoms. The first kappa shape index (κ1) is 20.0. The fourth-order valence-corrected chi connectivity index (χ4v) is 4.92. The van der Waals surface area contributed by atoms with Crippen molar-refractivity contribution in [2.24, 2.45) is 5.41 Å². The van der Waals surface area contributed by atoms with Gasteiger partial charge in [-0.05, 0) is 51.8 Å². The summed E-state index contributed by atoms with van der Waals surface area (Å²) in [5, 5.41) is 4.39. The van der Waals surface area contributed by atoms with Crippen molar-refractivity contribution in [1.82, 2.24) is 19.6 Å². The molecule has 0 aliphatic carbocycles. The minimum Gasteiger partial charge on any atom is -0.337 e. The molecule has 156 valence electrons. The summed E-state index contributed by atoms with van der Waals surface area (Å²) in [4.78, 5) is 17.2. The average Bonchev–Trinajstić information content (AvgIpc) is 3.28. The Hall–Kier alpha value is -2.28. The molecular formula is C22H28F2N4O. The van der Waals surface area contributed by atoms with E-state index >= 15 is 0 Å². The molecule has 2 aliphatic heterocycles. The number of nitrogens with zero attached hydrogens (tertiary/aromatic N) is 4. The number of piperidine rings is 1. The number of likely N-dealkylation sites (tertiary alicyclic amines) is 2. The van der Waals surface area contributed by atoms with Gasteiger partial charge in [0.15, 0.2) is 11.6 Å². The summed E-state index contributed by atoms with van der Waals surface area (Å²) in [5.41, 5.74) is 1.93. The van der Waals surface area contributed by atoms with Gasteiger partial charge in [0.2, 0.25) is 0 Å². The number of halogens is 2. The van der Waals surface area contributed by atoms with Crippen LogP contribution in [0, 0.1) is 24.0 Å². The van der Waals surface area contributed by atoms with Crippen LogP contribution < -0.4 is 0 Å². The van der Waals surface area contributed by atoms with Gasteiger partial charge in [-0.15, -0.1) is 0 Å². The molecule has 7 heteroatoms. The van der Waals surface area contributed by atoms with Gasteiger partial charge in [0, 0.05) is 43.7 Å². The summed E-state index contributed by atoms with van der Waals surface area (Å²) in [6, 6.07) is 6.22. The van der Waals surface area contributed by atoms with Gasteiger partial charge in [0.1, 0.15) is 5.69 Å². The van der Waals surface area contributed by atoms with Gasteiger partial charge in [-0.1, -0.05) is 12.1 Å². The van der Waals surface area contributed by atoms with Crippen LogP contribution in [-0.2, 0) is 13.1 Å². The highest BCUT2D eigenvalue weighted by Crippen LogP contribution is 2.40. The molecule has 1 amide bonds. The van der Waals surface area contributed by atoms with Crippen LogP contribution in [0.2, 0.25) is 0 Å². The molecule has 0 N–H and O–H groups in total. The highest BCUT2D eigenvalue weighted by molar-refractivity contribution is 5.93. The van der Waals surface area contributed by atoms with Crippen molar-refractivity contribution in [2.75, 3.05) is 26.2 Å². The van der Waals surface area contributed by atoms with Gasteiger partial charge in [-0.3, -0.25) is 14.4 Å². The van der Waals surface area contributed by atoms with Crippen molar-refractivity contribution in [2.45, 2.75) is 46.2 Å². The maximum atomic E-state index is 14.1. The van der Waals surface area contributed by atoms with Crippen LogP contribution in [0.25, 0.3) is 0 Å². The van der Waals surface area contributed by atoms with E-state index in [2.05, 4.69) is 10.00 Å². The first-order valence-electron chi connectivity index (χ1n) is 10.4. The van der Waals surface area contributed by atoms with Crippen molar-refractivity contribution in [3.05, 3.63) is 52.9 Å². The molecule has 4 rings (SSSR count). The van der Waals surface area contributed by atoms with Crippen LogP contribution in [-0.4, -0.2) is 51.7 Å². The third-order valence-electron chi connectivity index (χ3n) is 6.31. The lowest BCUT2D eigenvalue weighted by atomic mass is 9.79. The molecule has 2 aliphatic rings. The number of carbonyl (C=O) groups is 1. The normalized spacial score (nSPS) is 22.6. The van der Waals surface area contributed by atoms with E-state index in [1.54, 1.807) is 16.8 Å². The van der Waals surface area contributed by atoms with Gasteiger partial charge in [0.05, 0.1) is 5.69 Å². The van der Waals surface area contributed by atoms with Crippen molar-refractivity contribution in [3.8, 4) is 0 Å². The monoisotopic (exact) mass is 402 g/mol. The fraction of sp³-hybridized carbons (Fsp3) is 0.545. The molecule has 29 heavy (non-hydrogen) atoms. The number of rotatable bonds is 4.